The molecule has 0 bridgehead atoms. The van der Waals surface area contributed by atoms with Crippen LogP contribution in [0.25, 0.3) is 0 Å². The van der Waals surface area contributed by atoms with Gasteiger partial charge in [-0.15, -0.1) is 24.0 Å². The van der Waals surface area contributed by atoms with E-state index in [-0.39, 0.29) is 61.7 Å². The predicted octanol–water partition coefficient (Wildman–Crippen LogP) is 2.42. The zero-order valence-corrected chi connectivity index (χ0v) is 19.1. The highest BCUT2D eigenvalue weighted by molar-refractivity contribution is 14.0. The van der Waals surface area contributed by atoms with E-state index >= 15 is 0 Å². The summed E-state index contributed by atoms with van der Waals surface area (Å²) < 4.78 is 61.3. The fourth-order valence-corrected chi connectivity index (χ4v) is 3.89. The van der Waals surface area contributed by atoms with Gasteiger partial charge < -0.3 is 15.7 Å². The minimum Gasteiger partial charge on any atom is -0.508 e. The Kier molecular flexibility index (Phi) is 9.95. The monoisotopic (exact) mass is 550 g/mol. The molecule has 1 aliphatic heterocycles. The summed E-state index contributed by atoms with van der Waals surface area (Å²) in [6, 6.07) is 6.71. The maximum Gasteiger partial charge on any atom is 0.511 e. The second-order valence-electron chi connectivity index (χ2n) is 6.45. The summed E-state index contributed by atoms with van der Waals surface area (Å²) >= 11 is 0. The molecule has 12 heteroatoms. The smallest absolute Gasteiger partial charge is 0.508 e. The van der Waals surface area contributed by atoms with Gasteiger partial charge >= 0.3 is 15.5 Å². The molecule has 2 rings (SSSR count). The third-order valence-electron chi connectivity index (χ3n) is 4.35. The second-order valence-corrected chi connectivity index (χ2v) is 8.38. The Hall–Kier alpha value is -1.28. The molecular formula is C17H26F3IN4O3S. The summed E-state index contributed by atoms with van der Waals surface area (Å²) in [5.41, 5.74) is -4.33. The van der Waals surface area contributed by atoms with Crippen LogP contribution in [-0.2, 0) is 16.4 Å². The molecule has 1 aliphatic rings. The van der Waals surface area contributed by atoms with Crippen molar-refractivity contribution < 1.29 is 26.7 Å². The van der Waals surface area contributed by atoms with E-state index in [0.717, 1.165) is 5.56 Å². The number of sulfonamides is 1. The van der Waals surface area contributed by atoms with Crippen LogP contribution in [0, 0.1) is 0 Å². The molecular weight excluding hydrogens is 524 g/mol. The number of guanidine groups is 1. The maximum absolute atomic E-state index is 12.6. The summed E-state index contributed by atoms with van der Waals surface area (Å²) in [6.45, 7) is 2.58. The Morgan fingerprint density at radius 3 is 2.52 bits per heavy atom. The lowest BCUT2D eigenvalue weighted by Crippen LogP contribution is -2.51. The largest absolute Gasteiger partial charge is 0.511 e. The highest BCUT2D eigenvalue weighted by atomic mass is 127. The molecule has 0 aromatic heterocycles. The molecule has 0 aliphatic carbocycles. The molecule has 0 atom stereocenters. The predicted molar refractivity (Wildman–Crippen MR) is 116 cm³/mol. The van der Waals surface area contributed by atoms with E-state index in [9.17, 15) is 26.7 Å². The first-order chi connectivity index (χ1) is 13.1. The molecule has 0 saturated carbocycles. The third-order valence-corrected chi connectivity index (χ3v) is 5.98. The average Bonchev–Trinajstić information content (AvgIpc) is 2.61. The fourth-order valence-electron chi connectivity index (χ4n) is 2.91. The maximum atomic E-state index is 12.6. The van der Waals surface area contributed by atoms with Crippen LogP contribution in [0.4, 0.5) is 13.2 Å². The summed E-state index contributed by atoms with van der Waals surface area (Å²) in [5, 5.41) is 15.7. The van der Waals surface area contributed by atoms with Crippen LogP contribution in [0.1, 0.15) is 25.3 Å². The molecule has 3 N–H and O–H groups in total. The first-order valence-corrected chi connectivity index (χ1v) is 10.5. The summed E-state index contributed by atoms with van der Waals surface area (Å²) in [6.07, 6.45) is 1.13. The van der Waals surface area contributed by atoms with Crippen LogP contribution in [-0.4, -0.2) is 61.5 Å². The number of piperidine rings is 1. The average molecular weight is 550 g/mol. The zero-order chi connectivity index (χ0) is 20.8. The van der Waals surface area contributed by atoms with Gasteiger partial charge in [0.25, 0.3) is 0 Å². The topological polar surface area (TPSA) is 94.0 Å². The Labute approximate surface area is 185 Å². The van der Waals surface area contributed by atoms with Crippen molar-refractivity contribution in [2.24, 2.45) is 4.99 Å². The molecule has 0 unspecified atom stereocenters. The molecule has 7 nitrogen and oxygen atoms in total. The van der Waals surface area contributed by atoms with Crippen molar-refractivity contribution >= 4 is 40.0 Å². The van der Waals surface area contributed by atoms with Crippen LogP contribution < -0.4 is 10.6 Å². The number of alkyl halides is 3. The Morgan fingerprint density at radius 1 is 1.31 bits per heavy atom. The van der Waals surface area contributed by atoms with Crippen molar-refractivity contribution in [1.29, 1.82) is 0 Å². The van der Waals surface area contributed by atoms with E-state index in [1.54, 1.807) is 18.2 Å². The quantitative estimate of drug-likeness (QED) is 0.288. The van der Waals surface area contributed by atoms with Gasteiger partial charge in [0.1, 0.15) is 5.75 Å². The number of aromatic hydroxyl groups is 1. The van der Waals surface area contributed by atoms with Crippen LogP contribution in [0.2, 0.25) is 0 Å². The molecule has 1 aromatic rings. The lowest BCUT2D eigenvalue weighted by molar-refractivity contribution is -0.0494. The van der Waals surface area contributed by atoms with Gasteiger partial charge in [0.15, 0.2) is 5.96 Å². The van der Waals surface area contributed by atoms with Crippen molar-refractivity contribution in [3.63, 3.8) is 0 Å². The lowest BCUT2D eigenvalue weighted by Gasteiger charge is -2.32. The van der Waals surface area contributed by atoms with Crippen molar-refractivity contribution in [3.8, 4) is 5.75 Å². The van der Waals surface area contributed by atoms with Gasteiger partial charge in [-0.3, -0.25) is 4.99 Å². The molecule has 0 radical (unpaired) electrons. The molecule has 1 fully saturated rings. The molecule has 1 aromatic carbocycles. The number of rotatable bonds is 6. The number of benzene rings is 1. The Bertz CT molecular complexity index is 782. The van der Waals surface area contributed by atoms with Gasteiger partial charge in [-0.05, 0) is 43.9 Å². The number of hydrogen-bond donors (Lipinski definition) is 3. The van der Waals surface area contributed by atoms with Gasteiger partial charge in [-0.25, -0.2) is 8.42 Å². The van der Waals surface area contributed by atoms with Gasteiger partial charge in [0, 0.05) is 32.2 Å². The van der Waals surface area contributed by atoms with E-state index in [1.165, 1.54) is 0 Å². The molecule has 166 valence electrons. The van der Waals surface area contributed by atoms with Gasteiger partial charge in [0.05, 0.1) is 0 Å². The van der Waals surface area contributed by atoms with Crippen LogP contribution >= 0.6 is 24.0 Å². The highest BCUT2D eigenvalue weighted by Gasteiger charge is 2.50. The van der Waals surface area contributed by atoms with Crippen LogP contribution in [0.5, 0.6) is 5.75 Å². The highest BCUT2D eigenvalue weighted by Crippen LogP contribution is 2.28. The number of halogens is 4. The van der Waals surface area contributed by atoms with Crippen molar-refractivity contribution in [2.75, 3.05) is 26.2 Å². The number of phenolic OH excluding ortho intramolecular Hbond substituents is 1. The van der Waals surface area contributed by atoms with E-state index in [2.05, 4.69) is 15.6 Å². The van der Waals surface area contributed by atoms with E-state index in [4.69, 9.17) is 0 Å². The summed E-state index contributed by atoms with van der Waals surface area (Å²) in [4.78, 5) is 4.44. The van der Waals surface area contributed by atoms with Crippen molar-refractivity contribution in [1.82, 2.24) is 14.9 Å². The number of aliphatic imine (C=N–C) groups is 1. The van der Waals surface area contributed by atoms with Crippen LogP contribution in [0.3, 0.4) is 0 Å². The molecule has 1 saturated heterocycles. The zero-order valence-electron chi connectivity index (χ0n) is 15.9. The van der Waals surface area contributed by atoms with E-state index < -0.39 is 15.5 Å². The first-order valence-electron chi connectivity index (χ1n) is 9.02. The van der Waals surface area contributed by atoms with E-state index in [0.29, 0.717) is 29.8 Å². The molecule has 0 amide bonds. The third kappa shape index (κ3) is 7.48. The minimum absolute atomic E-state index is 0. The standard InChI is InChI=1S/C17H25F3N4O3S.HI/c1-2-21-16(22-9-6-13-4-3-5-15(25)12-13)23-14-7-10-24(11-8-14)28(26,27)17(18,19)20;/h3-5,12,14,25H,2,6-11H2,1H3,(H2,21,22,23);1H. The van der Waals surface area contributed by atoms with Crippen molar-refractivity contribution in [3.05, 3.63) is 29.8 Å². The van der Waals surface area contributed by atoms with Crippen molar-refractivity contribution in [2.45, 2.75) is 37.7 Å². The van der Waals surface area contributed by atoms with Gasteiger partial charge in [-0.2, -0.15) is 17.5 Å². The second kappa shape index (κ2) is 11.2. The first kappa shape index (κ1) is 25.8. The summed E-state index contributed by atoms with van der Waals surface area (Å²) in [7, 11) is -5.27. The Morgan fingerprint density at radius 2 is 1.97 bits per heavy atom. The number of phenols is 1. The van der Waals surface area contributed by atoms with Gasteiger partial charge in [-0.1, -0.05) is 12.1 Å². The normalized spacial score (nSPS) is 16.9. The minimum atomic E-state index is -5.27. The summed E-state index contributed by atoms with van der Waals surface area (Å²) in [5.74, 6) is 0.715. The molecule has 29 heavy (non-hydrogen) atoms. The van der Waals surface area contributed by atoms with Crippen LogP contribution in [0.15, 0.2) is 29.3 Å². The number of nitrogens with zero attached hydrogens (tertiary/aromatic N) is 2. The molecule has 0 spiro atoms. The number of nitrogens with one attached hydrogen (secondary N) is 2. The van der Waals surface area contributed by atoms with E-state index in [1.807, 2.05) is 13.0 Å². The molecule has 1 heterocycles. The lowest BCUT2D eigenvalue weighted by atomic mass is 10.1. The fraction of sp³-hybridized carbons (Fsp3) is 0.588. The number of hydrogen-bond acceptors (Lipinski definition) is 4. The van der Waals surface area contributed by atoms with Gasteiger partial charge in [0.2, 0.25) is 0 Å². The SMILES string of the molecule is CCNC(=NCCc1cccc(O)c1)NC1CCN(S(=O)(=O)C(F)(F)F)CC1.I. The Balaban J connectivity index is 0.00000420.